The van der Waals surface area contributed by atoms with Crippen molar-refractivity contribution >= 4 is 34.9 Å². The van der Waals surface area contributed by atoms with E-state index in [4.69, 9.17) is 9.73 Å². The molecule has 0 saturated carbocycles. The first-order valence-corrected chi connectivity index (χ1v) is 11.0. The maximum Gasteiger partial charge on any atom is 0.337 e. The fourth-order valence-electron chi connectivity index (χ4n) is 3.26. The molecule has 6 heteroatoms. The molecule has 1 fully saturated rings. The monoisotopic (exact) mass is 442 g/mol. The van der Waals surface area contributed by atoms with Crippen LogP contribution in [0.3, 0.4) is 0 Å². The molecule has 0 atom stereocenters. The minimum Gasteiger partial charge on any atom is -0.465 e. The first kappa shape index (κ1) is 21.6. The summed E-state index contributed by atoms with van der Waals surface area (Å²) in [6.45, 7) is 0.960. The number of methoxy groups -OCH3 is 1. The van der Waals surface area contributed by atoms with Crippen molar-refractivity contribution in [2.45, 2.75) is 13.1 Å². The van der Waals surface area contributed by atoms with Crippen molar-refractivity contribution in [3.8, 4) is 0 Å². The van der Waals surface area contributed by atoms with E-state index in [2.05, 4.69) is 0 Å². The third-order valence-corrected chi connectivity index (χ3v) is 5.99. The number of carbonyl (C=O) groups excluding carboxylic acids is 2. The lowest BCUT2D eigenvalue weighted by atomic mass is 10.1. The molecule has 1 saturated heterocycles. The van der Waals surface area contributed by atoms with E-state index in [1.165, 1.54) is 18.9 Å². The Morgan fingerprint density at radius 2 is 1.56 bits per heavy atom. The van der Waals surface area contributed by atoms with Crippen molar-refractivity contribution in [3.05, 3.63) is 112 Å². The van der Waals surface area contributed by atoms with Gasteiger partial charge in [-0.1, -0.05) is 72.8 Å². The molecular weight excluding hydrogens is 420 g/mol. The van der Waals surface area contributed by atoms with E-state index in [0.29, 0.717) is 28.7 Å². The van der Waals surface area contributed by atoms with Crippen LogP contribution in [0.25, 0.3) is 6.08 Å². The summed E-state index contributed by atoms with van der Waals surface area (Å²) in [5, 5.41) is 0.681. The number of esters is 1. The van der Waals surface area contributed by atoms with Crippen LogP contribution in [0.15, 0.2) is 94.8 Å². The van der Waals surface area contributed by atoms with Gasteiger partial charge in [-0.3, -0.25) is 14.7 Å². The molecule has 3 aromatic carbocycles. The smallest absolute Gasteiger partial charge is 0.337 e. The number of rotatable bonds is 6. The highest BCUT2D eigenvalue weighted by molar-refractivity contribution is 8.18. The molecule has 160 valence electrons. The van der Waals surface area contributed by atoms with Gasteiger partial charge in [0.1, 0.15) is 0 Å². The van der Waals surface area contributed by atoms with E-state index in [1.54, 1.807) is 29.2 Å². The summed E-state index contributed by atoms with van der Waals surface area (Å²) in [4.78, 5) is 32.0. The van der Waals surface area contributed by atoms with Gasteiger partial charge in [0.2, 0.25) is 0 Å². The molecule has 0 N–H and O–H groups in total. The van der Waals surface area contributed by atoms with E-state index >= 15 is 0 Å². The second kappa shape index (κ2) is 10.1. The Morgan fingerprint density at radius 3 is 2.19 bits per heavy atom. The highest BCUT2D eigenvalue weighted by atomic mass is 32.2. The van der Waals surface area contributed by atoms with Crippen LogP contribution in [0.1, 0.15) is 27.0 Å². The summed E-state index contributed by atoms with van der Waals surface area (Å²) < 4.78 is 4.74. The van der Waals surface area contributed by atoms with Gasteiger partial charge in [-0.2, -0.15) is 0 Å². The Hall–Kier alpha value is -3.64. The van der Waals surface area contributed by atoms with Crippen molar-refractivity contribution in [2.24, 2.45) is 4.99 Å². The number of nitrogens with zero attached hydrogens (tertiary/aromatic N) is 2. The van der Waals surface area contributed by atoms with Crippen LogP contribution < -0.4 is 0 Å². The standard InChI is InChI=1S/C26H22N2O3S/c1-31-25(30)22-14-12-19(13-15-22)16-23-24(29)28(18-21-10-6-3-7-11-21)26(32-23)27-17-20-8-4-2-5-9-20/h2-16H,17-18H2,1H3/b23-16+,27-26?. The van der Waals surface area contributed by atoms with Crippen molar-refractivity contribution in [2.75, 3.05) is 7.11 Å². The minimum atomic E-state index is -0.389. The number of carbonyl (C=O) groups is 2. The Bertz CT molecular complexity index is 1160. The predicted octanol–water partition coefficient (Wildman–Crippen LogP) is 5.15. The summed E-state index contributed by atoms with van der Waals surface area (Å²) in [7, 11) is 1.35. The Kier molecular flexibility index (Phi) is 6.82. The van der Waals surface area contributed by atoms with Crippen molar-refractivity contribution in [3.63, 3.8) is 0 Å². The summed E-state index contributed by atoms with van der Waals surface area (Å²) >= 11 is 1.37. The Balaban J connectivity index is 1.60. The average molecular weight is 443 g/mol. The lowest BCUT2D eigenvalue weighted by Gasteiger charge is -2.15. The zero-order valence-corrected chi connectivity index (χ0v) is 18.4. The fourth-order valence-corrected chi connectivity index (χ4v) is 4.23. The Labute approximate surface area is 191 Å². The number of thioether (sulfide) groups is 1. The molecule has 0 aromatic heterocycles. The number of amides is 1. The summed E-state index contributed by atoms with van der Waals surface area (Å²) in [6, 6.07) is 26.8. The third-order valence-electron chi connectivity index (χ3n) is 4.94. The summed E-state index contributed by atoms with van der Waals surface area (Å²) in [5.41, 5.74) is 3.43. The van der Waals surface area contributed by atoms with Crippen LogP contribution in [-0.2, 0) is 22.6 Å². The van der Waals surface area contributed by atoms with Gasteiger partial charge >= 0.3 is 5.97 Å². The molecule has 0 unspecified atom stereocenters. The fraction of sp³-hybridized carbons (Fsp3) is 0.115. The highest BCUT2D eigenvalue weighted by Crippen LogP contribution is 2.34. The lowest BCUT2D eigenvalue weighted by molar-refractivity contribution is -0.122. The van der Waals surface area contributed by atoms with Crippen LogP contribution in [-0.4, -0.2) is 29.1 Å². The summed E-state index contributed by atoms with van der Waals surface area (Å²) in [5.74, 6) is -0.470. The van der Waals surface area contributed by atoms with Crippen LogP contribution in [0.4, 0.5) is 0 Å². The highest BCUT2D eigenvalue weighted by Gasteiger charge is 2.33. The summed E-state index contributed by atoms with van der Waals surface area (Å²) in [6.07, 6.45) is 1.83. The quantitative estimate of drug-likeness (QED) is 0.392. The first-order chi connectivity index (χ1) is 15.6. The lowest BCUT2D eigenvalue weighted by Crippen LogP contribution is -2.28. The molecule has 1 amide bonds. The predicted molar refractivity (Wildman–Crippen MR) is 128 cm³/mol. The number of benzene rings is 3. The molecular formula is C26H22N2O3S. The van der Waals surface area contributed by atoms with Crippen LogP contribution in [0, 0.1) is 0 Å². The molecule has 0 spiro atoms. The number of amidine groups is 1. The van der Waals surface area contributed by atoms with Gasteiger partial charge in [-0.05, 0) is 46.7 Å². The van der Waals surface area contributed by atoms with Crippen LogP contribution in [0.5, 0.6) is 0 Å². The number of hydrogen-bond donors (Lipinski definition) is 0. The zero-order chi connectivity index (χ0) is 22.3. The third kappa shape index (κ3) is 5.15. The molecule has 0 aliphatic carbocycles. The average Bonchev–Trinajstić information content (AvgIpc) is 3.13. The second-order valence-electron chi connectivity index (χ2n) is 7.19. The number of hydrogen-bond acceptors (Lipinski definition) is 5. The Morgan fingerprint density at radius 1 is 0.938 bits per heavy atom. The van der Waals surface area contributed by atoms with Gasteiger partial charge in [0.15, 0.2) is 5.17 Å². The van der Waals surface area contributed by atoms with Crippen molar-refractivity contribution < 1.29 is 14.3 Å². The van der Waals surface area contributed by atoms with E-state index in [1.807, 2.05) is 66.7 Å². The van der Waals surface area contributed by atoms with Crippen molar-refractivity contribution in [1.82, 2.24) is 4.90 Å². The molecule has 4 rings (SSSR count). The van der Waals surface area contributed by atoms with Gasteiger partial charge in [0.05, 0.1) is 30.7 Å². The zero-order valence-electron chi connectivity index (χ0n) is 17.6. The topological polar surface area (TPSA) is 59.0 Å². The molecule has 5 nitrogen and oxygen atoms in total. The molecule has 1 aliphatic rings. The number of ether oxygens (including phenoxy) is 1. The normalized spacial score (nSPS) is 16.0. The molecule has 32 heavy (non-hydrogen) atoms. The maximum atomic E-state index is 13.2. The van der Waals surface area contributed by atoms with Gasteiger partial charge < -0.3 is 4.74 Å². The van der Waals surface area contributed by atoms with Gasteiger partial charge in [-0.15, -0.1) is 0 Å². The van der Waals surface area contributed by atoms with E-state index < -0.39 is 0 Å². The molecule has 0 radical (unpaired) electrons. The second-order valence-corrected chi connectivity index (χ2v) is 8.19. The SMILES string of the molecule is COC(=O)c1ccc(/C=C2/SC(=NCc3ccccc3)N(Cc3ccccc3)C2=O)cc1. The maximum absolute atomic E-state index is 13.2. The molecule has 0 bridgehead atoms. The molecule has 1 aliphatic heterocycles. The van der Waals surface area contributed by atoms with Gasteiger partial charge in [0, 0.05) is 0 Å². The van der Waals surface area contributed by atoms with Crippen LogP contribution >= 0.6 is 11.8 Å². The minimum absolute atomic E-state index is 0.0808. The van der Waals surface area contributed by atoms with Crippen molar-refractivity contribution in [1.29, 1.82) is 0 Å². The van der Waals surface area contributed by atoms with Gasteiger partial charge in [-0.25, -0.2) is 4.79 Å². The molecule has 1 heterocycles. The first-order valence-electron chi connectivity index (χ1n) is 10.2. The van der Waals surface area contributed by atoms with E-state index in [9.17, 15) is 9.59 Å². The largest absolute Gasteiger partial charge is 0.465 e. The van der Waals surface area contributed by atoms with E-state index in [0.717, 1.165) is 16.7 Å². The van der Waals surface area contributed by atoms with E-state index in [-0.39, 0.29) is 11.9 Å². The van der Waals surface area contributed by atoms with Gasteiger partial charge in [0.25, 0.3) is 5.91 Å². The van der Waals surface area contributed by atoms with Crippen LogP contribution in [0.2, 0.25) is 0 Å². The molecule has 3 aromatic rings. The number of aliphatic imine (C=N–C) groups is 1.